The third-order valence-electron chi connectivity index (χ3n) is 3.13. The number of nitrogens with zero attached hydrogens (tertiary/aromatic N) is 1. The monoisotopic (exact) mass is 368 g/mol. The topological polar surface area (TPSA) is 72.6 Å². The van der Waals surface area contributed by atoms with Gasteiger partial charge in [0.2, 0.25) is 10.0 Å². The van der Waals surface area contributed by atoms with Crippen molar-refractivity contribution in [2.45, 2.75) is 23.8 Å². The summed E-state index contributed by atoms with van der Waals surface area (Å²) in [5.41, 5.74) is 0.760. The summed E-state index contributed by atoms with van der Waals surface area (Å²) in [4.78, 5) is 3.17. The zero-order valence-corrected chi connectivity index (χ0v) is 14.9. The fourth-order valence-electron chi connectivity index (χ4n) is 2.07. The van der Waals surface area contributed by atoms with E-state index in [1.165, 1.54) is 6.07 Å². The SMILES string of the molecule is C.CSc1ccc(Oc2ccc(S(N)(=O)=O)cc2CN(C)C)cc1. The Labute approximate surface area is 148 Å². The number of nitrogens with two attached hydrogens (primary N) is 1. The zero-order valence-electron chi connectivity index (χ0n) is 13.3. The molecule has 0 aliphatic carbocycles. The second kappa shape index (κ2) is 8.53. The van der Waals surface area contributed by atoms with Crippen molar-refractivity contribution in [1.82, 2.24) is 4.90 Å². The first-order chi connectivity index (χ1) is 10.8. The van der Waals surface area contributed by atoms with Gasteiger partial charge in [-0.2, -0.15) is 0 Å². The van der Waals surface area contributed by atoms with Crippen molar-refractivity contribution in [3.8, 4) is 11.5 Å². The van der Waals surface area contributed by atoms with Crippen LogP contribution in [0.15, 0.2) is 52.3 Å². The molecule has 0 aliphatic heterocycles. The van der Waals surface area contributed by atoms with Crippen LogP contribution in [0.3, 0.4) is 0 Å². The quantitative estimate of drug-likeness (QED) is 0.790. The Hall–Kier alpha value is -1.54. The van der Waals surface area contributed by atoms with Gasteiger partial charge in [-0.05, 0) is 62.8 Å². The molecule has 0 radical (unpaired) electrons. The summed E-state index contributed by atoms with van der Waals surface area (Å²) in [5, 5.41) is 5.21. The maximum atomic E-state index is 11.5. The van der Waals surface area contributed by atoms with Crippen LogP contribution in [-0.4, -0.2) is 33.7 Å². The van der Waals surface area contributed by atoms with Gasteiger partial charge in [0.25, 0.3) is 0 Å². The molecule has 0 aliphatic rings. The third-order valence-corrected chi connectivity index (χ3v) is 4.79. The molecule has 7 heteroatoms. The number of rotatable bonds is 6. The molecule has 0 unspecified atom stereocenters. The van der Waals surface area contributed by atoms with Gasteiger partial charge in [0, 0.05) is 17.0 Å². The summed E-state index contributed by atoms with van der Waals surface area (Å²) >= 11 is 1.66. The molecular formula is C17H24N2O3S2. The molecule has 0 saturated heterocycles. The normalized spacial score (nSPS) is 11.2. The molecule has 0 atom stereocenters. The van der Waals surface area contributed by atoms with Gasteiger partial charge in [-0.25, -0.2) is 13.6 Å². The first-order valence-electron chi connectivity index (χ1n) is 6.92. The Morgan fingerprint density at radius 1 is 1.12 bits per heavy atom. The van der Waals surface area contributed by atoms with Gasteiger partial charge in [-0.15, -0.1) is 11.8 Å². The average molecular weight is 369 g/mol. The molecule has 0 fully saturated rings. The predicted molar refractivity (Wildman–Crippen MR) is 100 cm³/mol. The Bertz CT molecular complexity index is 773. The lowest BCUT2D eigenvalue weighted by atomic mass is 10.2. The molecule has 24 heavy (non-hydrogen) atoms. The molecule has 2 N–H and O–H groups in total. The fraction of sp³-hybridized carbons (Fsp3) is 0.294. The van der Waals surface area contributed by atoms with E-state index >= 15 is 0 Å². The summed E-state index contributed by atoms with van der Waals surface area (Å²) in [6.45, 7) is 0.543. The van der Waals surface area contributed by atoms with Gasteiger partial charge in [0.05, 0.1) is 4.90 Å². The molecule has 5 nitrogen and oxygen atoms in total. The van der Waals surface area contributed by atoms with E-state index in [1.54, 1.807) is 23.9 Å². The molecule has 0 saturated carbocycles. The first kappa shape index (κ1) is 20.5. The van der Waals surface area contributed by atoms with E-state index < -0.39 is 10.0 Å². The maximum Gasteiger partial charge on any atom is 0.238 e. The van der Waals surface area contributed by atoms with Crippen LogP contribution in [-0.2, 0) is 16.6 Å². The number of hydrogen-bond donors (Lipinski definition) is 1. The summed E-state index contributed by atoms with van der Waals surface area (Å²) < 4.78 is 29.0. The van der Waals surface area contributed by atoms with Crippen LogP contribution in [0.5, 0.6) is 11.5 Å². The Morgan fingerprint density at radius 2 is 1.75 bits per heavy atom. The van der Waals surface area contributed by atoms with Crippen LogP contribution in [0.4, 0.5) is 0 Å². The van der Waals surface area contributed by atoms with Crippen LogP contribution >= 0.6 is 11.8 Å². The lowest BCUT2D eigenvalue weighted by molar-refractivity contribution is 0.388. The molecule has 2 rings (SSSR count). The van der Waals surface area contributed by atoms with Crippen LogP contribution in [0.2, 0.25) is 0 Å². The van der Waals surface area contributed by atoms with Crippen molar-refractivity contribution >= 4 is 21.8 Å². The Morgan fingerprint density at radius 3 is 2.25 bits per heavy atom. The highest BCUT2D eigenvalue weighted by atomic mass is 32.2. The van der Waals surface area contributed by atoms with Crippen molar-refractivity contribution in [2.75, 3.05) is 20.4 Å². The van der Waals surface area contributed by atoms with Crippen LogP contribution in [0, 0.1) is 0 Å². The highest BCUT2D eigenvalue weighted by Crippen LogP contribution is 2.29. The van der Waals surface area contributed by atoms with E-state index in [-0.39, 0.29) is 12.3 Å². The number of thioether (sulfide) groups is 1. The largest absolute Gasteiger partial charge is 0.457 e. The van der Waals surface area contributed by atoms with Gasteiger partial charge in [0.15, 0.2) is 0 Å². The van der Waals surface area contributed by atoms with E-state index in [0.717, 1.165) is 10.5 Å². The Kier molecular flexibility index (Phi) is 7.28. The van der Waals surface area contributed by atoms with Gasteiger partial charge in [-0.1, -0.05) is 7.43 Å². The lowest BCUT2D eigenvalue weighted by Crippen LogP contribution is -2.15. The minimum Gasteiger partial charge on any atom is -0.457 e. The van der Waals surface area contributed by atoms with Gasteiger partial charge < -0.3 is 9.64 Å². The molecule has 132 valence electrons. The Balaban J connectivity index is 0.00000288. The number of ether oxygens (including phenoxy) is 1. The van der Waals surface area contributed by atoms with Gasteiger partial charge >= 0.3 is 0 Å². The van der Waals surface area contributed by atoms with E-state index in [0.29, 0.717) is 18.0 Å². The summed E-state index contributed by atoms with van der Waals surface area (Å²) in [5.74, 6) is 1.31. The number of benzene rings is 2. The third kappa shape index (κ3) is 5.52. The number of hydrogen-bond acceptors (Lipinski definition) is 5. The van der Waals surface area contributed by atoms with Crippen molar-refractivity contribution in [3.05, 3.63) is 48.0 Å². The van der Waals surface area contributed by atoms with Crippen LogP contribution in [0.1, 0.15) is 13.0 Å². The second-order valence-corrected chi connectivity index (χ2v) is 7.77. The van der Waals surface area contributed by atoms with E-state index in [1.807, 2.05) is 49.5 Å². The zero-order chi connectivity index (χ0) is 17.0. The van der Waals surface area contributed by atoms with E-state index in [9.17, 15) is 8.42 Å². The minimum atomic E-state index is -3.74. The summed E-state index contributed by atoms with van der Waals surface area (Å²) in [6.07, 6.45) is 2.01. The number of sulfonamides is 1. The number of primary sulfonamides is 1. The molecule has 0 heterocycles. The molecule has 2 aromatic carbocycles. The molecule has 2 aromatic rings. The van der Waals surface area contributed by atoms with Gasteiger partial charge in [-0.3, -0.25) is 0 Å². The first-order valence-corrected chi connectivity index (χ1v) is 9.69. The van der Waals surface area contributed by atoms with Crippen molar-refractivity contribution in [1.29, 1.82) is 0 Å². The van der Waals surface area contributed by atoms with Crippen molar-refractivity contribution < 1.29 is 13.2 Å². The summed E-state index contributed by atoms with van der Waals surface area (Å²) in [6, 6.07) is 12.4. The van der Waals surface area contributed by atoms with Gasteiger partial charge in [0.1, 0.15) is 11.5 Å². The minimum absolute atomic E-state index is 0. The predicted octanol–water partition coefficient (Wildman–Crippen LogP) is 3.55. The fourth-order valence-corrected chi connectivity index (χ4v) is 3.04. The molecular weight excluding hydrogens is 344 g/mol. The smallest absolute Gasteiger partial charge is 0.238 e. The van der Waals surface area contributed by atoms with E-state index in [4.69, 9.17) is 9.88 Å². The van der Waals surface area contributed by atoms with Crippen LogP contribution < -0.4 is 9.88 Å². The lowest BCUT2D eigenvalue weighted by Gasteiger charge is -2.16. The second-order valence-electron chi connectivity index (χ2n) is 5.33. The standard InChI is InChI=1S/C16H20N2O3S2.CH4/c1-18(2)11-12-10-15(23(17,19)20)8-9-16(12)21-13-4-6-14(22-3)7-5-13;/h4-10H,11H2,1-3H3,(H2,17,19,20);1H4. The van der Waals surface area contributed by atoms with Crippen molar-refractivity contribution in [3.63, 3.8) is 0 Å². The highest BCUT2D eigenvalue weighted by Gasteiger charge is 2.13. The molecule has 0 spiro atoms. The maximum absolute atomic E-state index is 11.5. The van der Waals surface area contributed by atoms with E-state index in [2.05, 4.69) is 0 Å². The average Bonchev–Trinajstić information content (AvgIpc) is 2.48. The summed E-state index contributed by atoms with van der Waals surface area (Å²) in [7, 11) is 0.0703. The molecule has 0 amide bonds. The molecule has 0 bridgehead atoms. The highest BCUT2D eigenvalue weighted by molar-refractivity contribution is 7.98. The van der Waals surface area contributed by atoms with Crippen molar-refractivity contribution in [2.24, 2.45) is 5.14 Å². The van der Waals surface area contributed by atoms with Crippen LogP contribution in [0.25, 0.3) is 0 Å². The molecule has 0 aromatic heterocycles.